The maximum Gasteiger partial charge on any atom is 0.289 e. The lowest BCUT2D eigenvalue weighted by atomic mass is 10.2. The Balaban J connectivity index is 1.67. The van der Waals surface area contributed by atoms with Crippen LogP contribution in [-0.2, 0) is 4.74 Å². The Kier molecular flexibility index (Phi) is 5.02. The van der Waals surface area contributed by atoms with E-state index in [-0.39, 0.29) is 12.0 Å². The summed E-state index contributed by atoms with van der Waals surface area (Å²) in [6.45, 7) is 5.46. The van der Waals surface area contributed by atoms with Crippen molar-refractivity contribution in [3.63, 3.8) is 0 Å². The van der Waals surface area contributed by atoms with Crippen molar-refractivity contribution in [2.75, 3.05) is 18.1 Å². The van der Waals surface area contributed by atoms with Crippen molar-refractivity contribution in [2.45, 2.75) is 38.7 Å². The number of aromatic nitrogens is 2. The van der Waals surface area contributed by atoms with Crippen LogP contribution in [0.2, 0.25) is 0 Å². The molecule has 1 amide bonds. The lowest BCUT2D eigenvalue weighted by Gasteiger charge is -2.22. The highest BCUT2D eigenvalue weighted by molar-refractivity contribution is 7.22. The predicted octanol–water partition coefficient (Wildman–Crippen LogP) is 4.70. The number of ether oxygens (including phenoxy) is 1. The molecular weight excluding hydrogens is 366 g/mol. The number of fused-ring (bicyclic) bond motifs is 1. The van der Waals surface area contributed by atoms with Gasteiger partial charge in [-0.1, -0.05) is 37.3 Å². The summed E-state index contributed by atoms with van der Waals surface area (Å²) >= 11 is 2.95. The van der Waals surface area contributed by atoms with Crippen molar-refractivity contribution in [3.8, 4) is 0 Å². The fourth-order valence-corrected chi connectivity index (χ4v) is 4.88. The molecule has 1 saturated heterocycles. The second kappa shape index (κ2) is 7.42. The molecule has 1 atom stereocenters. The summed E-state index contributed by atoms with van der Waals surface area (Å²) in [5, 5.41) is 3.21. The Morgan fingerprint density at radius 3 is 2.88 bits per heavy atom. The topological polar surface area (TPSA) is 55.3 Å². The van der Waals surface area contributed by atoms with E-state index < -0.39 is 0 Å². The number of carbonyl (C=O) groups excluding carboxylic acids is 1. The number of amides is 1. The summed E-state index contributed by atoms with van der Waals surface area (Å²) < 4.78 is 6.85. The van der Waals surface area contributed by atoms with Crippen LogP contribution in [0.4, 0.5) is 5.13 Å². The van der Waals surface area contributed by atoms with Crippen LogP contribution in [0.1, 0.15) is 48.1 Å². The molecule has 3 aromatic rings. The van der Waals surface area contributed by atoms with E-state index in [1.807, 2.05) is 29.6 Å². The molecule has 1 aliphatic heterocycles. The van der Waals surface area contributed by atoms with Gasteiger partial charge in [-0.2, -0.15) is 0 Å². The van der Waals surface area contributed by atoms with Crippen LogP contribution >= 0.6 is 22.7 Å². The van der Waals surface area contributed by atoms with Gasteiger partial charge in [-0.25, -0.2) is 9.97 Å². The van der Waals surface area contributed by atoms with E-state index in [0.29, 0.717) is 22.6 Å². The number of rotatable bonds is 5. The van der Waals surface area contributed by atoms with Crippen molar-refractivity contribution in [3.05, 3.63) is 40.3 Å². The van der Waals surface area contributed by atoms with Gasteiger partial charge in [-0.05, 0) is 30.9 Å². The molecule has 26 heavy (non-hydrogen) atoms. The van der Waals surface area contributed by atoms with Crippen molar-refractivity contribution in [2.24, 2.45) is 0 Å². The van der Waals surface area contributed by atoms with Gasteiger partial charge in [0, 0.05) is 12.0 Å². The van der Waals surface area contributed by atoms with E-state index >= 15 is 0 Å². The van der Waals surface area contributed by atoms with Crippen molar-refractivity contribution >= 4 is 43.9 Å². The van der Waals surface area contributed by atoms with Crippen LogP contribution < -0.4 is 4.90 Å². The minimum atomic E-state index is -0.0866. The molecule has 0 bridgehead atoms. The molecule has 5 nitrogen and oxygen atoms in total. The highest BCUT2D eigenvalue weighted by atomic mass is 32.1. The SMILES string of the molecule is CC(C)c1csc(C(=O)N(CC2CCCO2)c2nc3ccccc3s2)n1. The molecule has 1 unspecified atom stereocenters. The van der Waals surface area contributed by atoms with E-state index in [1.54, 1.807) is 16.2 Å². The van der Waals surface area contributed by atoms with Gasteiger partial charge in [0.25, 0.3) is 5.91 Å². The third kappa shape index (κ3) is 3.51. The zero-order valence-corrected chi connectivity index (χ0v) is 16.5. The minimum Gasteiger partial charge on any atom is -0.376 e. The summed E-state index contributed by atoms with van der Waals surface area (Å²) in [5.41, 5.74) is 1.87. The second-order valence-corrected chi connectivity index (χ2v) is 8.61. The Bertz CT molecular complexity index is 879. The van der Waals surface area contributed by atoms with E-state index in [4.69, 9.17) is 4.74 Å². The smallest absolute Gasteiger partial charge is 0.289 e. The lowest BCUT2D eigenvalue weighted by molar-refractivity contribution is 0.0917. The number of carbonyl (C=O) groups is 1. The highest BCUT2D eigenvalue weighted by Gasteiger charge is 2.28. The van der Waals surface area contributed by atoms with Crippen molar-refractivity contribution < 1.29 is 9.53 Å². The van der Waals surface area contributed by atoms with Gasteiger partial charge >= 0.3 is 0 Å². The molecule has 0 spiro atoms. The Morgan fingerprint density at radius 1 is 1.35 bits per heavy atom. The normalized spacial score (nSPS) is 17.3. The first-order chi connectivity index (χ1) is 12.6. The molecule has 4 rings (SSSR count). The molecular formula is C19H21N3O2S2. The Morgan fingerprint density at radius 2 is 2.19 bits per heavy atom. The molecule has 1 fully saturated rings. The van der Waals surface area contributed by atoms with E-state index in [1.165, 1.54) is 11.3 Å². The standard InChI is InChI=1S/C19H21N3O2S2/c1-12(2)15-11-25-17(20-15)18(23)22(10-13-6-5-9-24-13)19-21-14-7-3-4-8-16(14)26-19/h3-4,7-8,11-13H,5-6,9-10H2,1-2H3. The third-order valence-corrected chi connectivity index (χ3v) is 6.37. The van der Waals surface area contributed by atoms with E-state index in [0.717, 1.165) is 35.4 Å². The molecule has 0 saturated carbocycles. The average Bonchev–Trinajstić information content (AvgIpc) is 3.38. The number of hydrogen-bond donors (Lipinski definition) is 0. The monoisotopic (exact) mass is 387 g/mol. The number of hydrogen-bond acceptors (Lipinski definition) is 6. The largest absolute Gasteiger partial charge is 0.376 e. The molecule has 7 heteroatoms. The molecule has 1 aromatic carbocycles. The lowest BCUT2D eigenvalue weighted by Crippen LogP contribution is -2.37. The summed E-state index contributed by atoms with van der Waals surface area (Å²) in [6, 6.07) is 7.97. The third-order valence-electron chi connectivity index (χ3n) is 4.47. The van der Waals surface area contributed by atoms with Crippen molar-refractivity contribution in [1.82, 2.24) is 9.97 Å². The van der Waals surface area contributed by atoms with Gasteiger partial charge in [-0.3, -0.25) is 9.69 Å². The number of benzene rings is 1. The van der Waals surface area contributed by atoms with Crippen LogP contribution in [-0.4, -0.2) is 35.1 Å². The van der Waals surface area contributed by atoms with E-state index in [2.05, 4.69) is 23.8 Å². The number of para-hydroxylation sites is 1. The highest BCUT2D eigenvalue weighted by Crippen LogP contribution is 2.31. The number of nitrogens with zero attached hydrogens (tertiary/aromatic N) is 3. The summed E-state index contributed by atoms with van der Waals surface area (Å²) in [5.74, 6) is 0.221. The number of thiazole rings is 2. The van der Waals surface area contributed by atoms with E-state index in [9.17, 15) is 4.79 Å². The molecule has 136 valence electrons. The molecule has 0 N–H and O–H groups in total. The fourth-order valence-electron chi connectivity index (χ4n) is 2.98. The fraction of sp³-hybridized carbons (Fsp3) is 0.421. The summed E-state index contributed by atoms with van der Waals surface area (Å²) in [7, 11) is 0. The van der Waals surface area contributed by atoms with Crippen LogP contribution in [0, 0.1) is 0 Å². The first-order valence-electron chi connectivity index (χ1n) is 8.86. The molecule has 2 aromatic heterocycles. The van der Waals surface area contributed by atoms with Crippen LogP contribution in [0.5, 0.6) is 0 Å². The zero-order chi connectivity index (χ0) is 18.1. The van der Waals surface area contributed by atoms with Gasteiger partial charge < -0.3 is 4.74 Å². The van der Waals surface area contributed by atoms with Gasteiger partial charge in [0.1, 0.15) is 0 Å². The summed E-state index contributed by atoms with van der Waals surface area (Å²) in [6.07, 6.45) is 2.08. The molecule has 0 aliphatic carbocycles. The predicted molar refractivity (Wildman–Crippen MR) is 106 cm³/mol. The maximum atomic E-state index is 13.2. The first-order valence-corrected chi connectivity index (χ1v) is 10.6. The van der Waals surface area contributed by atoms with Gasteiger partial charge in [0.15, 0.2) is 10.1 Å². The average molecular weight is 388 g/mol. The zero-order valence-electron chi connectivity index (χ0n) is 14.8. The second-order valence-electron chi connectivity index (χ2n) is 6.75. The molecule has 1 aliphatic rings. The van der Waals surface area contributed by atoms with Gasteiger partial charge in [0.2, 0.25) is 0 Å². The first kappa shape index (κ1) is 17.6. The van der Waals surface area contributed by atoms with Crippen LogP contribution in [0.25, 0.3) is 10.2 Å². The minimum absolute atomic E-state index is 0.0653. The van der Waals surface area contributed by atoms with Gasteiger partial charge in [-0.15, -0.1) is 11.3 Å². The van der Waals surface area contributed by atoms with Gasteiger partial charge in [0.05, 0.1) is 28.6 Å². The Hall–Kier alpha value is -1.83. The molecule has 0 radical (unpaired) electrons. The van der Waals surface area contributed by atoms with Crippen molar-refractivity contribution in [1.29, 1.82) is 0 Å². The maximum absolute atomic E-state index is 13.2. The molecule has 3 heterocycles. The number of anilines is 1. The quantitative estimate of drug-likeness (QED) is 0.637. The Labute approximate surface area is 160 Å². The summed E-state index contributed by atoms with van der Waals surface area (Å²) in [4.78, 5) is 24.2. The van der Waals surface area contributed by atoms with Crippen LogP contribution in [0.3, 0.4) is 0 Å². The van der Waals surface area contributed by atoms with Crippen LogP contribution in [0.15, 0.2) is 29.6 Å².